The van der Waals surface area contributed by atoms with Crippen LogP contribution in [0, 0.1) is 11.3 Å². The van der Waals surface area contributed by atoms with E-state index >= 15 is 0 Å². The fraction of sp³-hybridized carbons (Fsp3) is 0.385. The Morgan fingerprint density at radius 2 is 2.12 bits per heavy atom. The van der Waals surface area contributed by atoms with Crippen LogP contribution < -0.4 is 5.73 Å². The maximum atomic E-state index is 8.88. The molecule has 17 heavy (non-hydrogen) atoms. The molecule has 1 aromatic heterocycles. The van der Waals surface area contributed by atoms with Crippen molar-refractivity contribution < 1.29 is 0 Å². The van der Waals surface area contributed by atoms with Crippen molar-refractivity contribution in [1.82, 2.24) is 4.98 Å². The Kier molecular flexibility index (Phi) is 1.51. The van der Waals surface area contributed by atoms with Gasteiger partial charge in [0.2, 0.25) is 0 Å². The minimum absolute atomic E-state index is 0.121. The molecule has 4 heteroatoms. The van der Waals surface area contributed by atoms with Gasteiger partial charge in [0.05, 0.1) is 21.8 Å². The quantitative estimate of drug-likeness (QED) is 0.833. The summed E-state index contributed by atoms with van der Waals surface area (Å²) in [4.78, 5) is 4.70. The molecule has 3 fully saturated rings. The number of nitrogens with two attached hydrogens (primary N) is 1. The van der Waals surface area contributed by atoms with Crippen LogP contribution in [0.15, 0.2) is 18.2 Å². The maximum Gasteiger partial charge on any atom is 0.100 e. The molecular formula is C13H11N3S. The van der Waals surface area contributed by atoms with Crippen LogP contribution >= 0.6 is 11.3 Å². The number of nitrogens with zero attached hydrogens (tertiary/aromatic N) is 2. The largest absolute Gasteiger partial charge is 0.325 e. The smallest absolute Gasteiger partial charge is 0.100 e. The molecule has 5 rings (SSSR count). The van der Waals surface area contributed by atoms with Crippen molar-refractivity contribution in [2.45, 2.75) is 30.2 Å². The van der Waals surface area contributed by atoms with Crippen molar-refractivity contribution in [2.24, 2.45) is 5.73 Å². The van der Waals surface area contributed by atoms with Gasteiger partial charge in [-0.2, -0.15) is 5.26 Å². The molecule has 3 aliphatic carbocycles. The molecule has 0 radical (unpaired) electrons. The van der Waals surface area contributed by atoms with Gasteiger partial charge in [-0.3, -0.25) is 0 Å². The van der Waals surface area contributed by atoms with Crippen LogP contribution in [0.2, 0.25) is 0 Å². The van der Waals surface area contributed by atoms with Crippen molar-refractivity contribution in [2.75, 3.05) is 0 Å². The van der Waals surface area contributed by atoms with Gasteiger partial charge in [0.1, 0.15) is 5.01 Å². The van der Waals surface area contributed by atoms with Crippen LogP contribution in [-0.4, -0.2) is 10.5 Å². The molecule has 0 aliphatic heterocycles. The van der Waals surface area contributed by atoms with Crippen molar-refractivity contribution >= 4 is 21.6 Å². The summed E-state index contributed by atoms with van der Waals surface area (Å²) in [6.45, 7) is 0. The highest BCUT2D eigenvalue weighted by atomic mass is 32.1. The zero-order chi connectivity index (χ0) is 11.7. The summed E-state index contributed by atoms with van der Waals surface area (Å²) < 4.78 is 1.12. The number of aromatic nitrogens is 1. The molecule has 0 saturated heterocycles. The Labute approximate surface area is 103 Å². The van der Waals surface area contributed by atoms with Crippen molar-refractivity contribution in [3.63, 3.8) is 0 Å². The standard InChI is InChI=1S/C13H11N3S/c14-4-8-1-2-9-10(3-8)17-11(16-9)12-5-13(15,6-12)7-12/h1-3H,5-7,15H2. The van der Waals surface area contributed by atoms with Gasteiger partial charge in [0.25, 0.3) is 0 Å². The van der Waals surface area contributed by atoms with Gasteiger partial charge < -0.3 is 5.73 Å². The molecule has 3 aliphatic rings. The predicted molar refractivity (Wildman–Crippen MR) is 66.8 cm³/mol. The minimum Gasteiger partial charge on any atom is -0.325 e. The summed E-state index contributed by atoms with van der Waals surface area (Å²) >= 11 is 1.73. The highest BCUT2D eigenvalue weighted by Crippen LogP contribution is 2.67. The monoisotopic (exact) mass is 241 g/mol. The second-order valence-corrected chi connectivity index (χ2v) is 6.52. The first kappa shape index (κ1) is 9.58. The molecule has 0 atom stereocenters. The molecular weight excluding hydrogens is 230 g/mol. The Morgan fingerprint density at radius 1 is 1.35 bits per heavy atom. The molecule has 3 nitrogen and oxygen atoms in total. The highest BCUT2D eigenvalue weighted by molar-refractivity contribution is 7.18. The average Bonchev–Trinajstić information content (AvgIpc) is 2.65. The number of rotatable bonds is 1. The Balaban J connectivity index is 1.81. The molecule has 3 saturated carbocycles. The normalized spacial score (nSPS) is 33.9. The number of thiazole rings is 1. The molecule has 0 spiro atoms. The lowest BCUT2D eigenvalue weighted by Crippen LogP contribution is -2.74. The van der Waals surface area contributed by atoms with Crippen molar-refractivity contribution in [1.29, 1.82) is 5.26 Å². The van der Waals surface area contributed by atoms with E-state index in [4.69, 9.17) is 16.0 Å². The second-order valence-electron chi connectivity index (χ2n) is 5.49. The fourth-order valence-electron chi connectivity index (χ4n) is 3.31. The van der Waals surface area contributed by atoms with Crippen LogP contribution in [-0.2, 0) is 5.41 Å². The van der Waals surface area contributed by atoms with Gasteiger partial charge in [0.15, 0.2) is 0 Å². The van der Waals surface area contributed by atoms with Crippen LogP contribution in [0.3, 0.4) is 0 Å². The van der Waals surface area contributed by atoms with E-state index in [2.05, 4.69) is 6.07 Å². The van der Waals surface area contributed by atoms with E-state index < -0.39 is 0 Å². The SMILES string of the molecule is N#Cc1ccc2nc(C34CC(N)(C3)C4)sc2c1. The average molecular weight is 241 g/mol. The van der Waals surface area contributed by atoms with Gasteiger partial charge in [-0.15, -0.1) is 11.3 Å². The number of hydrogen-bond acceptors (Lipinski definition) is 4. The minimum atomic E-state index is 0.121. The van der Waals surface area contributed by atoms with E-state index in [9.17, 15) is 0 Å². The van der Waals surface area contributed by atoms with Crippen molar-refractivity contribution in [3.05, 3.63) is 28.8 Å². The lowest BCUT2D eigenvalue weighted by molar-refractivity contribution is -0.0589. The first-order valence-electron chi connectivity index (χ1n) is 5.73. The van der Waals surface area contributed by atoms with E-state index in [-0.39, 0.29) is 11.0 Å². The van der Waals surface area contributed by atoms with Crippen LogP contribution in [0.5, 0.6) is 0 Å². The van der Waals surface area contributed by atoms with E-state index in [1.807, 2.05) is 18.2 Å². The molecule has 1 aromatic carbocycles. The highest BCUT2D eigenvalue weighted by Gasteiger charge is 2.67. The zero-order valence-corrected chi connectivity index (χ0v) is 10.0. The van der Waals surface area contributed by atoms with Crippen LogP contribution in [0.4, 0.5) is 0 Å². The maximum absolute atomic E-state index is 8.88. The van der Waals surface area contributed by atoms with Gasteiger partial charge in [-0.05, 0) is 37.5 Å². The fourth-order valence-corrected chi connectivity index (χ4v) is 4.50. The van der Waals surface area contributed by atoms with Gasteiger partial charge in [-0.25, -0.2) is 4.98 Å². The lowest BCUT2D eigenvalue weighted by Gasteiger charge is -2.68. The summed E-state index contributed by atoms with van der Waals surface area (Å²) in [5, 5.41) is 10.1. The zero-order valence-electron chi connectivity index (χ0n) is 9.23. The predicted octanol–water partition coefficient (Wildman–Crippen LogP) is 2.30. The van der Waals surface area contributed by atoms with Crippen LogP contribution in [0.1, 0.15) is 29.8 Å². The Hall–Kier alpha value is -1.44. The third-order valence-corrected chi connectivity index (χ3v) is 5.31. The molecule has 2 N–H and O–H groups in total. The third kappa shape index (κ3) is 1.11. The number of nitriles is 1. The Bertz CT molecular complexity index is 660. The molecule has 0 unspecified atom stereocenters. The first-order valence-corrected chi connectivity index (χ1v) is 6.54. The molecule has 84 valence electrons. The Morgan fingerprint density at radius 3 is 2.76 bits per heavy atom. The topological polar surface area (TPSA) is 62.7 Å². The van der Waals surface area contributed by atoms with E-state index in [1.54, 1.807) is 11.3 Å². The second kappa shape index (κ2) is 2.69. The van der Waals surface area contributed by atoms with Crippen molar-refractivity contribution in [3.8, 4) is 6.07 Å². The number of benzene rings is 1. The van der Waals surface area contributed by atoms with Crippen LogP contribution in [0.25, 0.3) is 10.2 Å². The van der Waals surface area contributed by atoms with Gasteiger partial charge >= 0.3 is 0 Å². The van der Waals surface area contributed by atoms with E-state index in [0.29, 0.717) is 5.56 Å². The summed E-state index contributed by atoms with van der Waals surface area (Å²) in [5.74, 6) is 0. The van der Waals surface area contributed by atoms with E-state index in [0.717, 1.165) is 29.5 Å². The first-order chi connectivity index (χ1) is 8.12. The number of hydrogen-bond donors (Lipinski definition) is 1. The lowest BCUT2D eigenvalue weighted by atomic mass is 9.40. The summed E-state index contributed by atoms with van der Waals surface area (Å²) in [6, 6.07) is 7.87. The molecule has 0 amide bonds. The summed E-state index contributed by atoms with van der Waals surface area (Å²) in [5.41, 5.74) is 8.21. The van der Waals surface area contributed by atoms with E-state index in [1.165, 1.54) is 5.01 Å². The summed E-state index contributed by atoms with van der Waals surface area (Å²) in [7, 11) is 0. The van der Waals surface area contributed by atoms with Gasteiger partial charge in [-0.1, -0.05) is 0 Å². The third-order valence-electron chi connectivity index (χ3n) is 4.04. The van der Waals surface area contributed by atoms with Gasteiger partial charge in [0, 0.05) is 11.0 Å². The molecule has 2 bridgehead atoms. The summed E-state index contributed by atoms with van der Waals surface area (Å²) in [6.07, 6.45) is 3.26. The number of fused-ring (bicyclic) bond motifs is 1. The molecule has 2 aromatic rings. The molecule has 1 heterocycles.